The molecule has 1 atom stereocenters. The van der Waals surface area contributed by atoms with E-state index in [1.807, 2.05) is 0 Å². The van der Waals surface area contributed by atoms with Crippen LogP contribution in [0.4, 0.5) is 0 Å². The molecule has 0 aliphatic heterocycles. The predicted molar refractivity (Wildman–Crippen MR) is 69.7 cm³/mol. The Balaban J connectivity index is 3.21. The summed E-state index contributed by atoms with van der Waals surface area (Å²) in [6.07, 6.45) is 0. The van der Waals surface area contributed by atoms with Crippen LogP contribution in [-0.2, 0) is 4.74 Å². The summed E-state index contributed by atoms with van der Waals surface area (Å²) in [6.45, 7) is 3.54. The van der Waals surface area contributed by atoms with Crippen LogP contribution in [0.1, 0.15) is 34.6 Å². The number of benzene rings is 1. The van der Waals surface area contributed by atoms with Gasteiger partial charge in [-0.15, -0.1) is 11.6 Å². The third-order valence-electron chi connectivity index (χ3n) is 2.10. The first-order valence-corrected chi connectivity index (χ1v) is 6.35. The lowest BCUT2D eigenvalue weighted by molar-refractivity contribution is 0.0523. The Kier molecular flexibility index (Phi) is 5.15. The summed E-state index contributed by atoms with van der Waals surface area (Å²) < 4.78 is 5.61. The van der Waals surface area contributed by atoms with Crippen molar-refractivity contribution in [2.75, 3.05) is 6.61 Å². The van der Waals surface area contributed by atoms with E-state index >= 15 is 0 Å². The number of halogens is 2. The Morgan fingerprint density at radius 3 is 2.59 bits per heavy atom. The fourth-order valence-electron chi connectivity index (χ4n) is 1.32. The smallest absolute Gasteiger partial charge is 0.338 e. The Hall–Kier alpha value is -0.870. The molecule has 3 nitrogen and oxygen atoms in total. The maximum atomic E-state index is 11.8. The molecule has 0 saturated carbocycles. The van der Waals surface area contributed by atoms with Gasteiger partial charge in [0.25, 0.3) is 0 Å². The van der Waals surface area contributed by atoms with Gasteiger partial charge in [-0.2, -0.15) is 0 Å². The molecule has 17 heavy (non-hydrogen) atoms. The molecule has 92 valence electrons. The Bertz CT molecular complexity index is 443. The molecule has 5 heteroatoms. The molecule has 0 N–H and O–H groups in total. The number of alkyl halides is 1. The van der Waals surface area contributed by atoms with Crippen LogP contribution < -0.4 is 0 Å². The molecule has 0 aliphatic rings. The number of hydrogen-bond donors (Lipinski definition) is 0. The molecule has 1 unspecified atom stereocenters. The van der Waals surface area contributed by atoms with Crippen molar-refractivity contribution in [2.45, 2.75) is 19.2 Å². The third-order valence-corrected chi connectivity index (χ3v) is 2.80. The molecule has 0 saturated heterocycles. The van der Waals surface area contributed by atoms with Crippen LogP contribution in [0.15, 0.2) is 22.7 Å². The van der Waals surface area contributed by atoms with E-state index in [0.29, 0.717) is 4.47 Å². The first-order chi connectivity index (χ1) is 7.97. The monoisotopic (exact) mass is 318 g/mol. The zero-order valence-electron chi connectivity index (χ0n) is 9.50. The minimum atomic E-state index is -0.677. The Morgan fingerprint density at radius 2 is 2.06 bits per heavy atom. The molecular weight excluding hydrogens is 307 g/mol. The van der Waals surface area contributed by atoms with E-state index in [1.165, 1.54) is 0 Å². The van der Waals surface area contributed by atoms with Gasteiger partial charge in [0.05, 0.1) is 17.5 Å². The molecule has 1 aromatic carbocycles. The molecule has 0 radical (unpaired) electrons. The molecule has 1 rings (SSSR count). The van der Waals surface area contributed by atoms with Crippen molar-refractivity contribution in [3.05, 3.63) is 33.8 Å². The van der Waals surface area contributed by atoms with Crippen LogP contribution in [0, 0.1) is 0 Å². The number of hydrogen-bond acceptors (Lipinski definition) is 3. The standard InChI is InChI=1S/C12H12BrClO3/c1-3-17-12(16)10-6-8(13)4-5-9(10)11(15)7(2)14/h4-7H,3H2,1-2H3. The van der Waals surface area contributed by atoms with Gasteiger partial charge in [-0.25, -0.2) is 4.79 Å². The van der Waals surface area contributed by atoms with Crippen LogP contribution in [-0.4, -0.2) is 23.7 Å². The topological polar surface area (TPSA) is 43.4 Å². The highest BCUT2D eigenvalue weighted by Gasteiger charge is 2.21. The van der Waals surface area contributed by atoms with E-state index in [9.17, 15) is 9.59 Å². The van der Waals surface area contributed by atoms with Crippen molar-refractivity contribution >= 4 is 39.3 Å². The molecule has 0 spiro atoms. The summed E-state index contributed by atoms with van der Waals surface area (Å²) in [7, 11) is 0. The quantitative estimate of drug-likeness (QED) is 0.485. The van der Waals surface area contributed by atoms with Crippen molar-refractivity contribution < 1.29 is 14.3 Å². The summed E-state index contributed by atoms with van der Waals surface area (Å²) in [5.41, 5.74) is 0.521. The van der Waals surface area contributed by atoms with Gasteiger partial charge in [-0.3, -0.25) is 4.79 Å². The lowest BCUT2D eigenvalue weighted by atomic mass is 10.0. The molecule has 0 aliphatic carbocycles. The highest BCUT2D eigenvalue weighted by molar-refractivity contribution is 9.10. The first kappa shape index (κ1) is 14.2. The molecule has 0 fully saturated rings. The number of carbonyl (C=O) groups is 2. The van der Waals surface area contributed by atoms with Gasteiger partial charge in [-0.1, -0.05) is 15.9 Å². The van der Waals surface area contributed by atoms with E-state index in [4.69, 9.17) is 16.3 Å². The van der Waals surface area contributed by atoms with Gasteiger partial charge in [0, 0.05) is 10.0 Å². The summed E-state index contributed by atoms with van der Waals surface area (Å²) in [5.74, 6) is -0.809. The average molecular weight is 320 g/mol. The highest BCUT2D eigenvalue weighted by Crippen LogP contribution is 2.20. The maximum absolute atomic E-state index is 11.8. The van der Waals surface area contributed by atoms with E-state index in [2.05, 4.69) is 15.9 Å². The van der Waals surface area contributed by atoms with Gasteiger partial charge in [0.1, 0.15) is 0 Å². The minimum absolute atomic E-state index is 0.235. The summed E-state index contributed by atoms with van der Waals surface area (Å²) in [4.78, 5) is 23.5. The number of rotatable bonds is 4. The maximum Gasteiger partial charge on any atom is 0.338 e. The molecule has 1 aromatic rings. The highest BCUT2D eigenvalue weighted by atomic mass is 79.9. The Morgan fingerprint density at radius 1 is 1.41 bits per heavy atom. The lowest BCUT2D eigenvalue weighted by Gasteiger charge is -2.09. The van der Waals surface area contributed by atoms with Crippen LogP contribution in [0.2, 0.25) is 0 Å². The fraction of sp³-hybridized carbons (Fsp3) is 0.333. The SMILES string of the molecule is CCOC(=O)c1cc(Br)ccc1C(=O)C(C)Cl. The fourth-order valence-corrected chi connectivity index (χ4v) is 1.80. The van der Waals surface area contributed by atoms with Crippen molar-refractivity contribution in [3.8, 4) is 0 Å². The molecule has 0 heterocycles. The van der Waals surface area contributed by atoms with Crippen LogP contribution >= 0.6 is 27.5 Å². The van der Waals surface area contributed by atoms with Crippen molar-refractivity contribution in [1.82, 2.24) is 0 Å². The summed E-state index contributed by atoms with van der Waals surface area (Å²) in [6, 6.07) is 4.82. The Labute approximate surface area is 113 Å². The van der Waals surface area contributed by atoms with E-state index in [-0.39, 0.29) is 23.5 Å². The third kappa shape index (κ3) is 3.54. The summed E-state index contributed by atoms with van der Waals surface area (Å²) >= 11 is 8.99. The normalized spacial score (nSPS) is 12.0. The number of ketones is 1. The van der Waals surface area contributed by atoms with Crippen molar-refractivity contribution in [3.63, 3.8) is 0 Å². The molecule has 0 amide bonds. The van der Waals surface area contributed by atoms with Gasteiger partial charge < -0.3 is 4.74 Å². The van der Waals surface area contributed by atoms with Gasteiger partial charge in [0.15, 0.2) is 5.78 Å². The van der Waals surface area contributed by atoms with Crippen LogP contribution in [0.3, 0.4) is 0 Å². The largest absolute Gasteiger partial charge is 0.462 e. The second-order valence-electron chi connectivity index (χ2n) is 3.39. The molecular formula is C12H12BrClO3. The molecule has 0 aromatic heterocycles. The van der Waals surface area contributed by atoms with Crippen molar-refractivity contribution in [1.29, 1.82) is 0 Å². The number of esters is 1. The van der Waals surface area contributed by atoms with Crippen LogP contribution in [0.25, 0.3) is 0 Å². The van der Waals surface area contributed by atoms with E-state index in [0.717, 1.165) is 0 Å². The second kappa shape index (κ2) is 6.17. The van der Waals surface area contributed by atoms with Gasteiger partial charge in [-0.05, 0) is 32.0 Å². The van der Waals surface area contributed by atoms with E-state index < -0.39 is 11.3 Å². The average Bonchev–Trinajstić information content (AvgIpc) is 2.28. The van der Waals surface area contributed by atoms with Crippen LogP contribution in [0.5, 0.6) is 0 Å². The van der Waals surface area contributed by atoms with Gasteiger partial charge in [0.2, 0.25) is 0 Å². The summed E-state index contributed by atoms with van der Waals surface area (Å²) in [5, 5.41) is -0.677. The van der Waals surface area contributed by atoms with Crippen molar-refractivity contribution in [2.24, 2.45) is 0 Å². The molecule has 0 bridgehead atoms. The predicted octanol–water partition coefficient (Wildman–Crippen LogP) is 3.44. The first-order valence-electron chi connectivity index (χ1n) is 5.12. The zero-order valence-corrected chi connectivity index (χ0v) is 11.8. The zero-order chi connectivity index (χ0) is 13.0. The lowest BCUT2D eigenvalue weighted by Crippen LogP contribution is -2.17. The van der Waals surface area contributed by atoms with E-state index in [1.54, 1.807) is 32.0 Å². The van der Waals surface area contributed by atoms with Gasteiger partial charge >= 0.3 is 5.97 Å². The number of ether oxygens (including phenoxy) is 1. The minimum Gasteiger partial charge on any atom is -0.462 e. The number of carbonyl (C=O) groups excluding carboxylic acids is 2. The second-order valence-corrected chi connectivity index (χ2v) is 4.96. The number of Topliss-reactive ketones (excluding diaryl/α,β-unsaturated/α-hetero) is 1.